The fourth-order valence-corrected chi connectivity index (χ4v) is 4.49. The SMILES string of the molecule is ClP1Nc2ccccc2-c2ccc(I)cc21. The summed E-state index contributed by atoms with van der Waals surface area (Å²) in [5, 5.41) is 4.59. The van der Waals surface area contributed by atoms with E-state index in [0.717, 1.165) is 5.69 Å². The molecule has 2 aromatic carbocycles. The van der Waals surface area contributed by atoms with Crippen molar-refractivity contribution in [3.8, 4) is 11.1 Å². The average molecular weight is 360 g/mol. The molecule has 0 amide bonds. The molecule has 0 aromatic heterocycles. The van der Waals surface area contributed by atoms with Crippen LogP contribution < -0.4 is 10.4 Å². The van der Waals surface area contributed by atoms with Crippen molar-refractivity contribution < 1.29 is 0 Å². The predicted molar refractivity (Wildman–Crippen MR) is 80.6 cm³/mol. The first-order valence-electron chi connectivity index (χ1n) is 4.87. The molecule has 3 rings (SSSR count). The Kier molecular flexibility index (Phi) is 2.82. The van der Waals surface area contributed by atoms with E-state index in [-0.39, 0.29) is 0 Å². The van der Waals surface area contributed by atoms with E-state index in [2.05, 4.69) is 64.1 Å². The minimum absolute atomic E-state index is 0.793. The van der Waals surface area contributed by atoms with Crippen LogP contribution in [0.2, 0.25) is 0 Å². The lowest BCUT2D eigenvalue weighted by molar-refractivity contribution is 1.59. The molecular weight excluding hydrogens is 351 g/mol. The standard InChI is InChI=1S/C12H8ClINP/c13-16-12-7-8(14)5-6-10(12)9-3-1-2-4-11(9)15-16/h1-7,15H. The maximum atomic E-state index is 6.40. The maximum Gasteiger partial charge on any atom is 0.119 e. The van der Waals surface area contributed by atoms with Gasteiger partial charge in [-0.25, -0.2) is 0 Å². The number of rotatable bonds is 0. The number of benzene rings is 2. The predicted octanol–water partition coefficient (Wildman–Crippen LogP) is 4.56. The number of hydrogen-bond acceptors (Lipinski definition) is 1. The Morgan fingerprint density at radius 3 is 2.75 bits per heavy atom. The highest BCUT2D eigenvalue weighted by molar-refractivity contribution is 14.1. The van der Waals surface area contributed by atoms with Gasteiger partial charge in [-0.15, -0.1) is 0 Å². The van der Waals surface area contributed by atoms with E-state index in [1.54, 1.807) is 0 Å². The van der Waals surface area contributed by atoms with E-state index in [1.165, 1.54) is 20.0 Å². The van der Waals surface area contributed by atoms with Crippen molar-refractivity contribution in [1.29, 1.82) is 0 Å². The van der Waals surface area contributed by atoms with Gasteiger partial charge in [0, 0.05) is 20.1 Å². The zero-order valence-electron chi connectivity index (χ0n) is 8.24. The summed E-state index contributed by atoms with van der Waals surface area (Å²) in [5.74, 6) is 0. The Bertz CT molecular complexity index is 558. The summed E-state index contributed by atoms with van der Waals surface area (Å²) in [6, 6.07) is 14.8. The Morgan fingerprint density at radius 2 is 1.88 bits per heavy atom. The van der Waals surface area contributed by atoms with Gasteiger partial charge in [0.25, 0.3) is 0 Å². The van der Waals surface area contributed by atoms with E-state index in [1.807, 2.05) is 6.07 Å². The zero-order chi connectivity index (χ0) is 11.1. The van der Waals surface area contributed by atoms with Crippen LogP contribution in [-0.4, -0.2) is 0 Å². The number of anilines is 1. The van der Waals surface area contributed by atoms with Crippen LogP contribution in [0.25, 0.3) is 11.1 Å². The van der Waals surface area contributed by atoms with Crippen LogP contribution >= 0.6 is 41.3 Å². The van der Waals surface area contributed by atoms with Crippen molar-refractivity contribution in [2.45, 2.75) is 0 Å². The molecule has 1 unspecified atom stereocenters. The van der Waals surface area contributed by atoms with Crippen LogP contribution in [0, 0.1) is 3.57 Å². The van der Waals surface area contributed by atoms with Gasteiger partial charge in [-0.05, 0) is 46.4 Å². The molecule has 1 aliphatic heterocycles. The highest BCUT2D eigenvalue weighted by Crippen LogP contribution is 2.49. The molecule has 0 spiro atoms. The second kappa shape index (κ2) is 4.17. The fraction of sp³-hybridized carbons (Fsp3) is 0. The normalized spacial score (nSPS) is 17.2. The van der Waals surface area contributed by atoms with Crippen LogP contribution in [-0.2, 0) is 0 Å². The molecule has 1 aliphatic rings. The van der Waals surface area contributed by atoms with Gasteiger partial charge in [0.15, 0.2) is 0 Å². The number of fused-ring (bicyclic) bond motifs is 3. The summed E-state index contributed by atoms with van der Waals surface area (Å²) < 4.78 is 1.23. The lowest BCUT2D eigenvalue weighted by Gasteiger charge is -2.25. The van der Waals surface area contributed by atoms with Crippen molar-refractivity contribution in [3.63, 3.8) is 0 Å². The van der Waals surface area contributed by atoms with E-state index < -0.39 is 7.43 Å². The molecule has 1 nitrogen and oxygen atoms in total. The van der Waals surface area contributed by atoms with Crippen molar-refractivity contribution in [1.82, 2.24) is 0 Å². The second-order valence-electron chi connectivity index (χ2n) is 3.60. The molecule has 1 heterocycles. The van der Waals surface area contributed by atoms with Gasteiger partial charge in [-0.2, -0.15) is 0 Å². The molecule has 0 saturated carbocycles. The first kappa shape index (κ1) is 10.8. The molecule has 0 radical (unpaired) electrons. The minimum Gasteiger partial charge on any atom is -0.348 e. The van der Waals surface area contributed by atoms with Crippen molar-refractivity contribution in [2.24, 2.45) is 0 Å². The van der Waals surface area contributed by atoms with Gasteiger partial charge >= 0.3 is 0 Å². The topological polar surface area (TPSA) is 12.0 Å². The van der Waals surface area contributed by atoms with Gasteiger partial charge < -0.3 is 5.09 Å². The van der Waals surface area contributed by atoms with Crippen LogP contribution in [0.3, 0.4) is 0 Å². The maximum absolute atomic E-state index is 6.40. The summed E-state index contributed by atoms with van der Waals surface area (Å²) in [7, 11) is -0.793. The van der Waals surface area contributed by atoms with Crippen LogP contribution in [0.1, 0.15) is 0 Å². The third kappa shape index (κ3) is 1.73. The molecule has 4 heteroatoms. The van der Waals surface area contributed by atoms with Gasteiger partial charge in [-0.3, -0.25) is 0 Å². The summed E-state index contributed by atoms with van der Waals surface area (Å²) in [5.41, 5.74) is 3.64. The Hall–Kier alpha value is -0.310. The van der Waals surface area contributed by atoms with Crippen LogP contribution in [0.5, 0.6) is 0 Å². The molecule has 0 bridgehead atoms. The first-order valence-corrected chi connectivity index (χ1v) is 8.20. The first-order chi connectivity index (χ1) is 7.75. The van der Waals surface area contributed by atoms with Crippen molar-refractivity contribution in [2.75, 3.05) is 5.09 Å². The van der Waals surface area contributed by atoms with E-state index in [0.29, 0.717) is 0 Å². The van der Waals surface area contributed by atoms with Crippen LogP contribution in [0.4, 0.5) is 5.69 Å². The average Bonchev–Trinajstić information content (AvgIpc) is 2.29. The van der Waals surface area contributed by atoms with E-state index in [9.17, 15) is 0 Å². The molecule has 0 aliphatic carbocycles. The number of nitrogens with one attached hydrogen (secondary N) is 1. The Morgan fingerprint density at radius 1 is 1.06 bits per heavy atom. The van der Waals surface area contributed by atoms with Gasteiger partial charge in [0.05, 0.1) is 0 Å². The Labute approximate surface area is 114 Å². The lowest BCUT2D eigenvalue weighted by atomic mass is 10.0. The molecule has 1 atom stereocenters. The molecule has 1 N–H and O–H groups in total. The summed E-state index contributed by atoms with van der Waals surface area (Å²) in [6.07, 6.45) is 0. The number of hydrogen-bond donors (Lipinski definition) is 1. The Balaban J connectivity index is 2.28. The monoisotopic (exact) mass is 359 g/mol. The van der Waals surface area contributed by atoms with Gasteiger partial charge in [0.2, 0.25) is 0 Å². The van der Waals surface area contributed by atoms with Crippen molar-refractivity contribution in [3.05, 3.63) is 46.0 Å². The van der Waals surface area contributed by atoms with Crippen molar-refractivity contribution >= 4 is 52.2 Å². The quantitative estimate of drug-likeness (QED) is 0.537. The molecular formula is C12H8ClINP. The smallest absolute Gasteiger partial charge is 0.119 e. The summed E-state index contributed by atoms with van der Waals surface area (Å²) >= 11 is 8.72. The molecule has 2 aromatic rings. The largest absolute Gasteiger partial charge is 0.348 e. The third-order valence-corrected chi connectivity index (χ3v) is 5.31. The molecule has 0 fully saturated rings. The number of halogens is 2. The minimum atomic E-state index is -0.793. The van der Waals surface area contributed by atoms with Gasteiger partial charge in [0.1, 0.15) is 7.43 Å². The van der Waals surface area contributed by atoms with Gasteiger partial charge in [-0.1, -0.05) is 35.5 Å². The zero-order valence-corrected chi connectivity index (χ0v) is 12.1. The highest BCUT2D eigenvalue weighted by atomic mass is 127. The lowest BCUT2D eigenvalue weighted by Crippen LogP contribution is -2.13. The third-order valence-electron chi connectivity index (χ3n) is 2.61. The summed E-state index contributed by atoms with van der Waals surface area (Å²) in [6.45, 7) is 0. The number of para-hydroxylation sites is 1. The molecule has 16 heavy (non-hydrogen) atoms. The molecule has 0 saturated heterocycles. The van der Waals surface area contributed by atoms with E-state index in [4.69, 9.17) is 11.2 Å². The van der Waals surface area contributed by atoms with Crippen LogP contribution in [0.15, 0.2) is 42.5 Å². The molecule has 80 valence electrons. The highest BCUT2D eigenvalue weighted by Gasteiger charge is 2.22. The van der Waals surface area contributed by atoms with E-state index >= 15 is 0 Å². The second-order valence-corrected chi connectivity index (χ2v) is 7.13. The summed E-state index contributed by atoms with van der Waals surface area (Å²) in [4.78, 5) is 0. The fourth-order valence-electron chi connectivity index (χ4n) is 1.88.